The zero-order chi connectivity index (χ0) is 22.4. The second-order valence-electron chi connectivity index (χ2n) is 8.46. The van der Waals surface area contributed by atoms with Crippen LogP contribution in [0.3, 0.4) is 0 Å². The molecule has 164 valence electrons. The minimum absolute atomic E-state index is 0.135. The number of nitrogens with zero attached hydrogens (tertiary/aromatic N) is 1. The number of rotatable bonds is 6. The van der Waals surface area contributed by atoms with Crippen LogP contribution in [0.1, 0.15) is 53.0 Å². The molecule has 0 saturated heterocycles. The highest BCUT2D eigenvalue weighted by Crippen LogP contribution is 2.37. The van der Waals surface area contributed by atoms with Gasteiger partial charge in [0.1, 0.15) is 0 Å². The van der Waals surface area contributed by atoms with Crippen molar-refractivity contribution in [3.63, 3.8) is 0 Å². The summed E-state index contributed by atoms with van der Waals surface area (Å²) < 4.78 is 2.34. The van der Waals surface area contributed by atoms with Crippen molar-refractivity contribution in [3.8, 4) is 11.3 Å². The van der Waals surface area contributed by atoms with Crippen molar-refractivity contribution < 1.29 is 10.2 Å². The molecule has 4 aromatic rings. The Hall–Kier alpha value is -2.62. The van der Waals surface area contributed by atoms with Crippen LogP contribution in [0.5, 0.6) is 0 Å². The molecule has 0 amide bonds. The van der Waals surface area contributed by atoms with E-state index in [0.717, 1.165) is 5.69 Å². The molecule has 1 heterocycles. The molecular formula is C28H35NO2. The Labute approximate surface area is 186 Å². The van der Waals surface area contributed by atoms with E-state index in [1.807, 2.05) is 13.0 Å². The number of hydrogen-bond acceptors (Lipinski definition) is 2. The SMILES string of the molecule is CC(CC(C)n1c(-c2ccccc2)cc2c3ccccc3ccc21)C(O)O.CCCC. The Kier molecular flexibility index (Phi) is 7.89. The van der Waals surface area contributed by atoms with E-state index in [2.05, 4.69) is 92.1 Å². The Balaban J connectivity index is 0.000000628. The Morgan fingerprint density at radius 2 is 1.42 bits per heavy atom. The minimum Gasteiger partial charge on any atom is -0.368 e. The van der Waals surface area contributed by atoms with Gasteiger partial charge in [-0.05, 0) is 41.8 Å². The summed E-state index contributed by atoms with van der Waals surface area (Å²) in [4.78, 5) is 0. The van der Waals surface area contributed by atoms with Crippen LogP contribution in [-0.2, 0) is 0 Å². The first-order valence-corrected chi connectivity index (χ1v) is 11.4. The second kappa shape index (κ2) is 10.6. The molecule has 0 aliphatic carbocycles. The lowest BCUT2D eigenvalue weighted by molar-refractivity contribution is -0.0829. The largest absolute Gasteiger partial charge is 0.368 e. The van der Waals surface area contributed by atoms with Crippen molar-refractivity contribution in [2.45, 2.75) is 59.3 Å². The van der Waals surface area contributed by atoms with Crippen molar-refractivity contribution in [1.29, 1.82) is 0 Å². The van der Waals surface area contributed by atoms with Crippen LogP contribution in [-0.4, -0.2) is 21.1 Å². The van der Waals surface area contributed by atoms with Crippen molar-refractivity contribution in [2.75, 3.05) is 0 Å². The highest BCUT2D eigenvalue weighted by Gasteiger charge is 2.21. The molecule has 0 radical (unpaired) electrons. The van der Waals surface area contributed by atoms with Gasteiger partial charge in [-0.3, -0.25) is 0 Å². The summed E-state index contributed by atoms with van der Waals surface area (Å²) in [5.74, 6) is -0.193. The summed E-state index contributed by atoms with van der Waals surface area (Å²) in [5, 5.41) is 22.8. The summed E-state index contributed by atoms with van der Waals surface area (Å²) >= 11 is 0. The molecule has 0 aliphatic heterocycles. The maximum Gasteiger partial charge on any atom is 0.154 e. The van der Waals surface area contributed by atoms with Crippen molar-refractivity contribution in [2.24, 2.45) is 5.92 Å². The number of fused-ring (bicyclic) bond motifs is 3. The summed E-state index contributed by atoms with van der Waals surface area (Å²) in [6.07, 6.45) is 2.03. The molecule has 0 bridgehead atoms. The van der Waals surface area contributed by atoms with Crippen molar-refractivity contribution in [1.82, 2.24) is 4.57 Å². The van der Waals surface area contributed by atoms with Gasteiger partial charge in [0.2, 0.25) is 0 Å². The molecule has 3 aromatic carbocycles. The number of hydrogen-bond donors (Lipinski definition) is 2. The number of benzene rings is 3. The molecule has 3 heteroatoms. The third-order valence-electron chi connectivity index (χ3n) is 5.98. The highest BCUT2D eigenvalue weighted by atomic mass is 16.5. The number of unbranched alkanes of at least 4 members (excludes halogenated alkanes) is 1. The smallest absolute Gasteiger partial charge is 0.154 e. The van der Waals surface area contributed by atoms with E-state index in [1.165, 1.54) is 40.1 Å². The predicted molar refractivity (Wildman–Crippen MR) is 132 cm³/mol. The van der Waals surface area contributed by atoms with Crippen LogP contribution >= 0.6 is 0 Å². The molecule has 1 aromatic heterocycles. The molecule has 2 atom stereocenters. The fourth-order valence-corrected chi connectivity index (χ4v) is 4.05. The summed E-state index contributed by atoms with van der Waals surface area (Å²) in [6.45, 7) is 8.39. The van der Waals surface area contributed by atoms with Crippen LogP contribution in [0.25, 0.3) is 32.9 Å². The lowest BCUT2D eigenvalue weighted by Crippen LogP contribution is -2.20. The minimum atomic E-state index is -1.30. The normalized spacial score (nSPS) is 13.3. The van der Waals surface area contributed by atoms with E-state index in [0.29, 0.717) is 6.42 Å². The monoisotopic (exact) mass is 417 g/mol. The zero-order valence-corrected chi connectivity index (χ0v) is 19.1. The molecule has 3 nitrogen and oxygen atoms in total. The van der Waals surface area contributed by atoms with Gasteiger partial charge in [-0.25, -0.2) is 0 Å². The third kappa shape index (κ3) is 5.17. The maximum absolute atomic E-state index is 9.55. The Morgan fingerprint density at radius 1 is 0.774 bits per heavy atom. The molecule has 0 aliphatic rings. The predicted octanol–water partition coefficient (Wildman–Crippen LogP) is 7.17. The second-order valence-corrected chi connectivity index (χ2v) is 8.46. The quantitative estimate of drug-likeness (QED) is 0.327. The first kappa shape index (κ1) is 23.1. The van der Waals surface area contributed by atoms with Gasteiger partial charge >= 0.3 is 0 Å². The number of aliphatic hydroxyl groups excluding tert-OH is 1. The Morgan fingerprint density at radius 3 is 2.06 bits per heavy atom. The van der Waals surface area contributed by atoms with E-state index in [9.17, 15) is 10.2 Å². The van der Waals surface area contributed by atoms with Crippen LogP contribution in [0.2, 0.25) is 0 Å². The van der Waals surface area contributed by atoms with Gasteiger partial charge in [0.25, 0.3) is 0 Å². The summed E-state index contributed by atoms with van der Waals surface area (Å²) in [5.41, 5.74) is 3.51. The van der Waals surface area contributed by atoms with E-state index < -0.39 is 6.29 Å². The van der Waals surface area contributed by atoms with Gasteiger partial charge in [-0.1, -0.05) is 94.3 Å². The third-order valence-corrected chi connectivity index (χ3v) is 5.98. The first-order valence-electron chi connectivity index (χ1n) is 11.4. The lowest BCUT2D eigenvalue weighted by atomic mass is 10.0. The zero-order valence-electron chi connectivity index (χ0n) is 19.1. The maximum atomic E-state index is 9.55. The average molecular weight is 418 g/mol. The van der Waals surface area contributed by atoms with E-state index in [-0.39, 0.29) is 12.0 Å². The number of aromatic nitrogens is 1. The highest BCUT2D eigenvalue weighted by molar-refractivity contribution is 6.08. The standard InChI is InChI=1S/C24H25NO2.C4H10/c1-16(24(26)27)14-17(2)25-22-13-12-18-8-6-7-11-20(18)21(22)15-23(25)19-9-4-3-5-10-19;1-3-4-2/h3-13,15-17,24,26-27H,14H2,1-2H3;3-4H2,1-2H3. The van der Waals surface area contributed by atoms with E-state index in [4.69, 9.17) is 0 Å². The van der Waals surface area contributed by atoms with E-state index >= 15 is 0 Å². The van der Waals surface area contributed by atoms with Crippen LogP contribution in [0.15, 0.2) is 72.8 Å². The average Bonchev–Trinajstić information content (AvgIpc) is 3.20. The molecule has 2 unspecified atom stereocenters. The molecule has 2 N–H and O–H groups in total. The van der Waals surface area contributed by atoms with Gasteiger partial charge < -0.3 is 14.8 Å². The van der Waals surface area contributed by atoms with Gasteiger partial charge in [0, 0.05) is 28.6 Å². The van der Waals surface area contributed by atoms with Gasteiger partial charge in [0.05, 0.1) is 0 Å². The van der Waals surface area contributed by atoms with Crippen LogP contribution in [0, 0.1) is 5.92 Å². The topological polar surface area (TPSA) is 45.4 Å². The van der Waals surface area contributed by atoms with E-state index in [1.54, 1.807) is 0 Å². The molecule has 0 saturated carbocycles. The molecular weight excluding hydrogens is 382 g/mol. The molecule has 0 spiro atoms. The molecule has 4 rings (SSSR count). The molecule has 31 heavy (non-hydrogen) atoms. The fraction of sp³-hybridized carbons (Fsp3) is 0.357. The summed E-state index contributed by atoms with van der Waals surface area (Å²) in [7, 11) is 0. The number of aliphatic hydroxyl groups is 2. The van der Waals surface area contributed by atoms with Gasteiger partial charge in [-0.15, -0.1) is 0 Å². The van der Waals surface area contributed by atoms with Gasteiger partial charge in [0.15, 0.2) is 6.29 Å². The van der Waals surface area contributed by atoms with Crippen LogP contribution in [0.4, 0.5) is 0 Å². The fourth-order valence-electron chi connectivity index (χ4n) is 4.05. The first-order chi connectivity index (χ1) is 15.0. The summed E-state index contributed by atoms with van der Waals surface area (Å²) in [6, 6.07) is 25.6. The molecule has 0 fully saturated rings. The van der Waals surface area contributed by atoms with Crippen molar-refractivity contribution in [3.05, 3.63) is 72.8 Å². The Bertz CT molecular complexity index is 1100. The lowest BCUT2D eigenvalue weighted by Gasteiger charge is -2.23. The van der Waals surface area contributed by atoms with Gasteiger partial charge in [-0.2, -0.15) is 0 Å². The van der Waals surface area contributed by atoms with Crippen LogP contribution < -0.4 is 0 Å². The van der Waals surface area contributed by atoms with Crippen molar-refractivity contribution >= 4 is 21.7 Å².